The maximum atomic E-state index is 12.9. The molecule has 0 aromatic carbocycles. The van der Waals surface area contributed by atoms with Gasteiger partial charge >= 0.3 is 6.18 Å². The first-order valence-electron chi connectivity index (χ1n) is 5.56. The molecule has 1 unspecified atom stereocenters. The molecule has 2 nitrogen and oxygen atoms in total. The second-order valence-electron chi connectivity index (χ2n) is 4.29. The molecule has 0 spiro atoms. The van der Waals surface area contributed by atoms with Crippen molar-refractivity contribution in [3.8, 4) is 0 Å². The van der Waals surface area contributed by atoms with Crippen LogP contribution in [0.15, 0.2) is 35.9 Å². The topological polar surface area (TPSA) is 38.9 Å². The minimum absolute atomic E-state index is 0.0144. The number of halogens is 3. The Morgan fingerprint density at radius 1 is 1.33 bits per heavy atom. The Labute approximate surface area is 103 Å². The van der Waals surface area contributed by atoms with E-state index in [1.807, 2.05) is 12.2 Å². The van der Waals surface area contributed by atoms with Gasteiger partial charge < -0.3 is 5.73 Å². The maximum Gasteiger partial charge on any atom is 0.418 e. The van der Waals surface area contributed by atoms with Crippen molar-refractivity contribution in [3.63, 3.8) is 0 Å². The van der Waals surface area contributed by atoms with E-state index in [1.54, 1.807) is 13.0 Å². The molecule has 18 heavy (non-hydrogen) atoms. The van der Waals surface area contributed by atoms with Crippen molar-refractivity contribution in [1.82, 2.24) is 4.98 Å². The van der Waals surface area contributed by atoms with Crippen molar-refractivity contribution in [1.29, 1.82) is 0 Å². The van der Waals surface area contributed by atoms with Gasteiger partial charge in [-0.15, -0.1) is 0 Å². The Morgan fingerprint density at radius 2 is 2.06 bits per heavy atom. The fraction of sp³-hybridized carbons (Fsp3) is 0.308. The minimum atomic E-state index is -4.41. The summed E-state index contributed by atoms with van der Waals surface area (Å²) in [5.41, 5.74) is 5.68. The van der Waals surface area contributed by atoms with Crippen LogP contribution in [-0.2, 0) is 6.18 Å². The number of nitrogens with two attached hydrogens (primary N) is 1. The summed E-state index contributed by atoms with van der Waals surface area (Å²) in [6.07, 6.45) is 1.59. The summed E-state index contributed by atoms with van der Waals surface area (Å²) in [6, 6.07) is 2.19. The highest BCUT2D eigenvalue weighted by Crippen LogP contribution is 2.39. The molecule has 1 aromatic rings. The molecule has 1 aliphatic rings. The van der Waals surface area contributed by atoms with E-state index in [0.29, 0.717) is 6.42 Å². The van der Waals surface area contributed by atoms with Crippen LogP contribution in [-0.4, -0.2) is 4.98 Å². The highest BCUT2D eigenvalue weighted by molar-refractivity contribution is 5.41. The van der Waals surface area contributed by atoms with Gasteiger partial charge in [-0.1, -0.05) is 23.8 Å². The quantitative estimate of drug-likeness (QED) is 0.830. The third kappa shape index (κ3) is 2.39. The Balaban J connectivity index is 2.52. The summed E-state index contributed by atoms with van der Waals surface area (Å²) in [5, 5.41) is 0. The predicted octanol–water partition coefficient (Wildman–Crippen LogP) is 3.67. The molecule has 0 amide bonds. The number of allylic oxidation sites excluding steroid dienone is 4. The van der Waals surface area contributed by atoms with Crippen LogP contribution in [0.1, 0.15) is 30.5 Å². The number of rotatable bonds is 1. The van der Waals surface area contributed by atoms with Crippen LogP contribution < -0.4 is 5.73 Å². The van der Waals surface area contributed by atoms with Gasteiger partial charge in [-0.2, -0.15) is 13.2 Å². The summed E-state index contributed by atoms with van der Waals surface area (Å²) >= 11 is 0. The molecule has 96 valence electrons. The van der Waals surface area contributed by atoms with E-state index in [2.05, 4.69) is 4.98 Å². The molecule has 0 bridgehead atoms. The average molecular weight is 254 g/mol. The smallest absolute Gasteiger partial charge is 0.384 e. The molecule has 1 atom stereocenters. The molecule has 2 rings (SSSR count). The van der Waals surface area contributed by atoms with Crippen LogP contribution in [0.25, 0.3) is 0 Å². The molecular weight excluding hydrogens is 241 g/mol. The summed E-state index contributed by atoms with van der Waals surface area (Å²) in [6.45, 7) is 1.80. The number of hydrogen-bond donors (Lipinski definition) is 1. The molecule has 0 saturated heterocycles. The molecule has 1 aromatic heterocycles. The normalized spacial score (nSPS) is 19.8. The zero-order valence-corrected chi connectivity index (χ0v) is 9.83. The summed E-state index contributed by atoms with van der Waals surface area (Å²) in [4.78, 5) is 3.90. The zero-order valence-electron chi connectivity index (χ0n) is 9.83. The van der Waals surface area contributed by atoms with Crippen molar-refractivity contribution >= 4 is 5.82 Å². The first kappa shape index (κ1) is 12.7. The number of nitrogens with zero attached hydrogens (tertiary/aromatic N) is 1. The van der Waals surface area contributed by atoms with E-state index in [-0.39, 0.29) is 17.4 Å². The van der Waals surface area contributed by atoms with Crippen molar-refractivity contribution in [2.75, 3.05) is 5.73 Å². The second-order valence-corrected chi connectivity index (χ2v) is 4.29. The highest BCUT2D eigenvalue weighted by atomic mass is 19.4. The number of pyridine rings is 1. The Morgan fingerprint density at radius 3 is 2.67 bits per heavy atom. The van der Waals surface area contributed by atoms with Gasteiger partial charge in [0.15, 0.2) is 0 Å². The standard InChI is InChI=1S/C13H13F3N2/c1-8-4-2-3-5-9(8)12-10(13(14,15)16)6-7-11(17)18-12/h2-4,6-7,9H,5H2,1H3,(H2,17,18). The third-order valence-electron chi connectivity index (χ3n) is 3.00. The molecule has 0 aliphatic heterocycles. The van der Waals surface area contributed by atoms with Crippen LogP contribution in [0.5, 0.6) is 0 Å². The van der Waals surface area contributed by atoms with Crippen molar-refractivity contribution in [2.24, 2.45) is 0 Å². The van der Waals surface area contributed by atoms with Crippen LogP contribution in [0, 0.1) is 0 Å². The molecule has 0 saturated carbocycles. The van der Waals surface area contributed by atoms with Crippen molar-refractivity contribution < 1.29 is 13.2 Å². The van der Waals surface area contributed by atoms with Gasteiger partial charge in [0, 0.05) is 5.92 Å². The Kier molecular flexibility index (Phi) is 3.15. The fourth-order valence-electron chi connectivity index (χ4n) is 2.06. The Bertz CT molecular complexity index is 515. The first-order chi connectivity index (χ1) is 8.39. The lowest BCUT2D eigenvalue weighted by Gasteiger charge is -2.22. The van der Waals surface area contributed by atoms with Crippen LogP contribution in [0.2, 0.25) is 0 Å². The van der Waals surface area contributed by atoms with Crippen LogP contribution in [0.3, 0.4) is 0 Å². The summed E-state index contributed by atoms with van der Waals surface area (Å²) in [5.74, 6) is -0.240. The summed E-state index contributed by atoms with van der Waals surface area (Å²) < 4.78 is 38.8. The van der Waals surface area contributed by atoms with Crippen molar-refractivity contribution in [2.45, 2.75) is 25.4 Å². The van der Waals surface area contributed by atoms with Gasteiger partial charge in [-0.25, -0.2) is 4.98 Å². The number of aromatic nitrogens is 1. The van der Waals surface area contributed by atoms with Gasteiger partial charge in [-0.3, -0.25) is 0 Å². The average Bonchev–Trinajstić information content (AvgIpc) is 2.27. The van der Waals surface area contributed by atoms with E-state index in [9.17, 15) is 13.2 Å². The van der Waals surface area contributed by atoms with E-state index >= 15 is 0 Å². The molecule has 1 heterocycles. The molecule has 0 fully saturated rings. The molecule has 0 radical (unpaired) electrons. The predicted molar refractivity (Wildman–Crippen MR) is 63.9 cm³/mol. The van der Waals surface area contributed by atoms with E-state index in [0.717, 1.165) is 11.6 Å². The molecule has 2 N–H and O–H groups in total. The summed E-state index contributed by atoms with van der Waals surface area (Å²) in [7, 11) is 0. The van der Waals surface area contributed by atoms with Gasteiger partial charge in [0.25, 0.3) is 0 Å². The van der Waals surface area contributed by atoms with Crippen LogP contribution in [0.4, 0.5) is 19.0 Å². The van der Waals surface area contributed by atoms with Gasteiger partial charge in [0.1, 0.15) is 5.82 Å². The third-order valence-corrected chi connectivity index (χ3v) is 3.00. The Hall–Kier alpha value is -1.78. The van der Waals surface area contributed by atoms with Gasteiger partial charge in [0.05, 0.1) is 11.3 Å². The SMILES string of the molecule is CC1=CC=CCC1c1nc(N)ccc1C(F)(F)F. The van der Waals surface area contributed by atoms with Crippen molar-refractivity contribution in [3.05, 3.63) is 47.2 Å². The minimum Gasteiger partial charge on any atom is -0.384 e. The van der Waals surface area contributed by atoms with Gasteiger partial charge in [0.2, 0.25) is 0 Å². The molecule has 1 aliphatic carbocycles. The number of anilines is 1. The molecule has 5 heteroatoms. The number of nitrogen functional groups attached to an aromatic ring is 1. The second kappa shape index (κ2) is 4.48. The number of alkyl halides is 3. The lowest BCUT2D eigenvalue weighted by molar-refractivity contribution is -0.138. The highest BCUT2D eigenvalue weighted by Gasteiger charge is 2.36. The fourth-order valence-corrected chi connectivity index (χ4v) is 2.06. The monoisotopic (exact) mass is 254 g/mol. The first-order valence-corrected chi connectivity index (χ1v) is 5.56. The lowest BCUT2D eigenvalue weighted by atomic mass is 9.87. The largest absolute Gasteiger partial charge is 0.418 e. The lowest BCUT2D eigenvalue weighted by Crippen LogP contribution is -2.16. The van der Waals surface area contributed by atoms with Crippen LogP contribution >= 0.6 is 0 Å². The number of hydrogen-bond acceptors (Lipinski definition) is 2. The van der Waals surface area contributed by atoms with E-state index in [1.165, 1.54) is 6.07 Å². The van der Waals surface area contributed by atoms with E-state index < -0.39 is 11.7 Å². The van der Waals surface area contributed by atoms with E-state index in [4.69, 9.17) is 5.73 Å². The molecular formula is C13H13F3N2. The zero-order chi connectivity index (χ0) is 13.3. The maximum absolute atomic E-state index is 12.9. The van der Waals surface area contributed by atoms with Gasteiger partial charge in [-0.05, 0) is 25.5 Å².